The first-order valence-corrected chi connectivity index (χ1v) is 9.26. The summed E-state index contributed by atoms with van der Waals surface area (Å²) in [6, 6.07) is 3.75. The molecule has 0 saturated heterocycles. The van der Waals surface area contributed by atoms with Gasteiger partial charge < -0.3 is 10.1 Å². The third kappa shape index (κ3) is 5.07. The molecular formula is C19H19ClF2N6O2. The van der Waals surface area contributed by atoms with Crippen molar-refractivity contribution in [3.63, 3.8) is 0 Å². The van der Waals surface area contributed by atoms with Crippen LogP contribution in [0.2, 0.25) is 5.02 Å². The van der Waals surface area contributed by atoms with Gasteiger partial charge in [0.1, 0.15) is 17.2 Å². The van der Waals surface area contributed by atoms with Crippen LogP contribution in [0, 0.1) is 11.6 Å². The average Bonchev–Trinajstić information content (AvgIpc) is 3.04. The quantitative estimate of drug-likeness (QED) is 0.666. The topological polar surface area (TPSA) is 94.8 Å². The number of benzene rings is 1. The molecule has 1 amide bonds. The summed E-state index contributed by atoms with van der Waals surface area (Å²) in [6.45, 7) is 4.97. The van der Waals surface area contributed by atoms with Crippen LogP contribution in [0.3, 0.4) is 0 Å². The van der Waals surface area contributed by atoms with Crippen molar-refractivity contribution >= 4 is 17.7 Å². The lowest BCUT2D eigenvalue weighted by Crippen LogP contribution is -2.32. The van der Waals surface area contributed by atoms with E-state index in [0.717, 1.165) is 6.07 Å². The van der Waals surface area contributed by atoms with E-state index in [1.54, 1.807) is 20.8 Å². The van der Waals surface area contributed by atoms with Gasteiger partial charge in [-0.05, 0) is 49.7 Å². The van der Waals surface area contributed by atoms with Gasteiger partial charge in [0.2, 0.25) is 5.82 Å². The second-order valence-corrected chi connectivity index (χ2v) is 7.86. The number of nitrogens with one attached hydrogen (secondary N) is 1. The number of ether oxygens (including phenoxy) is 1. The second-order valence-electron chi connectivity index (χ2n) is 7.42. The highest BCUT2D eigenvalue weighted by Gasteiger charge is 2.20. The summed E-state index contributed by atoms with van der Waals surface area (Å²) in [7, 11) is 1.54. The number of aromatic nitrogens is 5. The number of hydrogen-bond donors (Lipinski definition) is 1. The molecule has 0 aliphatic carbocycles. The zero-order chi connectivity index (χ0) is 22.1. The fourth-order valence-corrected chi connectivity index (χ4v) is 2.83. The molecule has 8 nitrogen and oxygen atoms in total. The van der Waals surface area contributed by atoms with E-state index in [4.69, 9.17) is 16.3 Å². The van der Waals surface area contributed by atoms with Gasteiger partial charge in [-0.15, -0.1) is 10.2 Å². The third-order valence-corrected chi connectivity index (χ3v) is 4.03. The molecule has 0 aliphatic rings. The first kappa shape index (κ1) is 21.6. The molecule has 30 heavy (non-hydrogen) atoms. The fourth-order valence-electron chi connectivity index (χ4n) is 2.63. The largest absolute Gasteiger partial charge is 0.444 e. The molecular weight excluding hydrogens is 418 g/mol. The monoisotopic (exact) mass is 436 g/mol. The van der Waals surface area contributed by atoms with Gasteiger partial charge in [0.05, 0.1) is 24.8 Å². The highest BCUT2D eigenvalue weighted by Crippen LogP contribution is 2.35. The average molecular weight is 437 g/mol. The van der Waals surface area contributed by atoms with Crippen molar-refractivity contribution in [2.45, 2.75) is 32.9 Å². The maximum Gasteiger partial charge on any atom is 0.407 e. The van der Waals surface area contributed by atoms with Crippen molar-refractivity contribution in [3.05, 3.63) is 46.7 Å². The second kappa shape index (κ2) is 8.31. The summed E-state index contributed by atoms with van der Waals surface area (Å²) in [5.74, 6) is -1.35. The zero-order valence-corrected chi connectivity index (χ0v) is 17.5. The number of alkyl carbamates (subject to hydrolysis) is 1. The Balaban J connectivity index is 1.91. The lowest BCUT2D eigenvalue weighted by Gasteiger charge is -2.19. The number of carbonyl (C=O) groups excluding carboxylic acids is 1. The van der Waals surface area contributed by atoms with Crippen LogP contribution < -0.4 is 5.32 Å². The lowest BCUT2D eigenvalue weighted by molar-refractivity contribution is 0.0522. The van der Waals surface area contributed by atoms with Gasteiger partial charge >= 0.3 is 6.09 Å². The van der Waals surface area contributed by atoms with Crippen LogP contribution in [0.5, 0.6) is 0 Å². The maximum atomic E-state index is 14.6. The molecule has 0 atom stereocenters. The van der Waals surface area contributed by atoms with E-state index in [9.17, 15) is 13.6 Å². The predicted molar refractivity (Wildman–Crippen MR) is 105 cm³/mol. The summed E-state index contributed by atoms with van der Waals surface area (Å²) in [5.41, 5.74) is -0.149. The number of carbonyl (C=O) groups is 1. The van der Waals surface area contributed by atoms with Gasteiger partial charge in [-0.1, -0.05) is 11.6 Å². The zero-order valence-electron chi connectivity index (χ0n) is 16.7. The van der Waals surface area contributed by atoms with Crippen LogP contribution in [0.25, 0.3) is 22.5 Å². The standard InChI is InChI=1S/C19H19ClF2N6O2/c1-19(2,3)30-18(29)24-9-15-13(21)5-10(8-23-15)12-6-11(20)7-14(22)16(12)17-25-27-28(4)26-17/h5-8H,9H2,1-4H3,(H,24,29). The molecule has 1 aromatic carbocycles. The van der Waals surface area contributed by atoms with Crippen LogP contribution in [0.1, 0.15) is 26.5 Å². The molecule has 1 N–H and O–H groups in total. The van der Waals surface area contributed by atoms with Gasteiger partial charge in [0.15, 0.2) is 0 Å². The normalized spacial score (nSPS) is 11.4. The summed E-state index contributed by atoms with van der Waals surface area (Å²) < 4.78 is 34.4. The van der Waals surface area contributed by atoms with Crippen LogP contribution in [0.4, 0.5) is 13.6 Å². The van der Waals surface area contributed by atoms with E-state index in [-0.39, 0.29) is 39.8 Å². The first-order valence-electron chi connectivity index (χ1n) is 8.88. The Morgan fingerprint density at radius 1 is 1.23 bits per heavy atom. The molecule has 0 saturated carbocycles. The Morgan fingerprint density at radius 3 is 2.57 bits per heavy atom. The molecule has 0 aliphatic heterocycles. The van der Waals surface area contributed by atoms with Crippen molar-refractivity contribution in [1.82, 2.24) is 30.5 Å². The molecule has 0 radical (unpaired) electrons. The van der Waals surface area contributed by atoms with Crippen molar-refractivity contribution < 1.29 is 18.3 Å². The summed E-state index contributed by atoms with van der Waals surface area (Å²) >= 11 is 6.00. The van der Waals surface area contributed by atoms with E-state index in [1.807, 2.05) is 0 Å². The van der Waals surface area contributed by atoms with Crippen LogP contribution in [-0.4, -0.2) is 36.9 Å². The smallest absolute Gasteiger partial charge is 0.407 e. The van der Waals surface area contributed by atoms with E-state index in [1.165, 1.54) is 30.2 Å². The third-order valence-electron chi connectivity index (χ3n) is 3.81. The lowest BCUT2D eigenvalue weighted by atomic mass is 9.99. The molecule has 0 unspecified atom stereocenters. The van der Waals surface area contributed by atoms with Gasteiger partial charge in [-0.25, -0.2) is 13.6 Å². The number of tetrazole rings is 1. The highest BCUT2D eigenvalue weighted by molar-refractivity contribution is 6.31. The molecule has 158 valence electrons. The van der Waals surface area contributed by atoms with Crippen LogP contribution in [-0.2, 0) is 18.3 Å². The highest BCUT2D eigenvalue weighted by atomic mass is 35.5. The number of pyridine rings is 1. The van der Waals surface area contributed by atoms with Crippen LogP contribution >= 0.6 is 11.6 Å². The number of aryl methyl sites for hydroxylation is 1. The minimum atomic E-state index is -0.694. The maximum absolute atomic E-state index is 14.6. The Bertz CT molecular complexity index is 1100. The van der Waals surface area contributed by atoms with Gasteiger partial charge in [-0.2, -0.15) is 4.80 Å². The van der Waals surface area contributed by atoms with Crippen molar-refractivity contribution in [3.8, 4) is 22.5 Å². The van der Waals surface area contributed by atoms with E-state index in [2.05, 4.69) is 25.7 Å². The number of amides is 1. The number of nitrogens with zero attached hydrogens (tertiary/aromatic N) is 5. The molecule has 3 rings (SSSR count). The summed E-state index contributed by atoms with van der Waals surface area (Å²) in [4.78, 5) is 17.0. The summed E-state index contributed by atoms with van der Waals surface area (Å²) in [5, 5.41) is 14.1. The molecule has 0 spiro atoms. The van der Waals surface area contributed by atoms with Crippen LogP contribution in [0.15, 0.2) is 24.4 Å². The first-order chi connectivity index (χ1) is 14.0. The van der Waals surface area contributed by atoms with E-state index in [0.29, 0.717) is 0 Å². The molecule has 0 fully saturated rings. The molecule has 2 aromatic heterocycles. The van der Waals surface area contributed by atoms with E-state index < -0.39 is 23.3 Å². The van der Waals surface area contributed by atoms with Gasteiger partial charge in [0.25, 0.3) is 0 Å². The summed E-state index contributed by atoms with van der Waals surface area (Å²) in [6.07, 6.45) is 0.654. The Kier molecular flexibility index (Phi) is 5.97. The molecule has 2 heterocycles. The predicted octanol–water partition coefficient (Wildman–Crippen LogP) is 3.90. The van der Waals surface area contributed by atoms with Gasteiger partial charge in [-0.3, -0.25) is 4.98 Å². The number of hydrogen-bond acceptors (Lipinski definition) is 6. The molecule has 3 aromatic rings. The Hall–Kier alpha value is -3.14. The number of rotatable bonds is 4. The van der Waals surface area contributed by atoms with Gasteiger partial charge in [0, 0.05) is 16.8 Å². The van der Waals surface area contributed by atoms with E-state index >= 15 is 0 Å². The SMILES string of the molecule is Cn1nnc(-c2c(F)cc(Cl)cc2-c2cnc(CNC(=O)OC(C)(C)C)c(F)c2)n1. The minimum Gasteiger partial charge on any atom is -0.444 e. The van der Waals surface area contributed by atoms with Crippen molar-refractivity contribution in [2.75, 3.05) is 0 Å². The Morgan fingerprint density at radius 2 is 1.97 bits per heavy atom. The molecule has 11 heteroatoms. The minimum absolute atomic E-state index is 0.00807. The van der Waals surface area contributed by atoms with Crippen molar-refractivity contribution in [1.29, 1.82) is 0 Å². The fraction of sp³-hybridized carbons (Fsp3) is 0.316. The number of halogens is 3. The molecule has 0 bridgehead atoms. The van der Waals surface area contributed by atoms with Crippen molar-refractivity contribution in [2.24, 2.45) is 7.05 Å². The Labute approximate surface area is 176 Å².